The lowest BCUT2D eigenvalue weighted by atomic mass is 10.2. The molecule has 1 aromatic rings. The van der Waals surface area contributed by atoms with Crippen LogP contribution in [-0.2, 0) is 4.79 Å². The van der Waals surface area contributed by atoms with Gasteiger partial charge in [0.2, 0.25) is 5.91 Å². The number of nitrogens with one attached hydrogen (secondary N) is 1. The van der Waals surface area contributed by atoms with Crippen molar-refractivity contribution in [3.63, 3.8) is 0 Å². The van der Waals surface area contributed by atoms with Gasteiger partial charge in [-0.2, -0.15) is 0 Å². The van der Waals surface area contributed by atoms with Gasteiger partial charge in [0.1, 0.15) is 0 Å². The van der Waals surface area contributed by atoms with E-state index in [2.05, 4.69) is 5.32 Å². The van der Waals surface area contributed by atoms with Gasteiger partial charge in [0.05, 0.1) is 0 Å². The lowest BCUT2D eigenvalue weighted by molar-refractivity contribution is -0.116. The van der Waals surface area contributed by atoms with Gasteiger partial charge in [0, 0.05) is 30.8 Å². The lowest BCUT2D eigenvalue weighted by Crippen LogP contribution is -2.12. The maximum absolute atomic E-state index is 12.8. The third-order valence-electron chi connectivity index (χ3n) is 2.08. The molecular formula is C11H12F3NO2. The number of unbranched alkanes of at least 4 members (excludes halogenated alkanes) is 1. The summed E-state index contributed by atoms with van der Waals surface area (Å²) in [5.74, 6) is -4.71. The zero-order valence-corrected chi connectivity index (χ0v) is 8.97. The Balaban J connectivity index is 2.60. The summed E-state index contributed by atoms with van der Waals surface area (Å²) in [6.45, 7) is -0.0207. The fourth-order valence-electron chi connectivity index (χ4n) is 1.25. The summed E-state index contributed by atoms with van der Waals surface area (Å²) in [6, 6.07) is 1.42. The van der Waals surface area contributed by atoms with Crippen LogP contribution in [0.5, 0.6) is 0 Å². The number of hydrogen-bond donors (Lipinski definition) is 2. The molecule has 1 amide bonds. The Bertz CT molecular complexity index is 387. The van der Waals surface area contributed by atoms with Crippen LogP contribution in [0.4, 0.5) is 18.9 Å². The summed E-state index contributed by atoms with van der Waals surface area (Å²) in [5, 5.41) is 10.7. The van der Waals surface area contributed by atoms with Crippen molar-refractivity contribution in [1.29, 1.82) is 0 Å². The van der Waals surface area contributed by atoms with Crippen molar-refractivity contribution in [3.05, 3.63) is 29.6 Å². The van der Waals surface area contributed by atoms with Gasteiger partial charge in [0.15, 0.2) is 17.5 Å². The van der Waals surface area contributed by atoms with Crippen LogP contribution < -0.4 is 5.32 Å². The van der Waals surface area contributed by atoms with E-state index in [1.54, 1.807) is 0 Å². The number of anilines is 1. The van der Waals surface area contributed by atoms with E-state index in [9.17, 15) is 18.0 Å². The summed E-state index contributed by atoms with van der Waals surface area (Å²) in [6.07, 6.45) is 1.06. The molecule has 17 heavy (non-hydrogen) atoms. The minimum atomic E-state index is -1.57. The first-order valence-electron chi connectivity index (χ1n) is 5.10. The summed E-state index contributed by atoms with van der Waals surface area (Å²) >= 11 is 0. The number of halogens is 3. The van der Waals surface area contributed by atoms with Crippen LogP contribution in [0.2, 0.25) is 0 Å². The van der Waals surface area contributed by atoms with Crippen LogP contribution in [0, 0.1) is 17.5 Å². The molecule has 0 fully saturated rings. The Labute approximate surface area is 96.3 Å². The molecule has 2 N–H and O–H groups in total. The molecule has 0 bridgehead atoms. The molecular weight excluding hydrogens is 235 g/mol. The average molecular weight is 247 g/mol. The Morgan fingerprint density at radius 2 is 1.76 bits per heavy atom. The van der Waals surface area contributed by atoms with Crippen LogP contribution in [0.1, 0.15) is 19.3 Å². The predicted octanol–water partition coefficient (Wildman–Crippen LogP) is 2.21. The molecule has 0 unspecified atom stereocenters. The van der Waals surface area contributed by atoms with Crippen molar-refractivity contribution >= 4 is 11.6 Å². The molecule has 1 rings (SSSR count). The molecule has 0 spiro atoms. The van der Waals surface area contributed by atoms with E-state index >= 15 is 0 Å². The first-order valence-corrected chi connectivity index (χ1v) is 5.10. The highest BCUT2D eigenvalue weighted by atomic mass is 19.2. The van der Waals surface area contributed by atoms with E-state index < -0.39 is 23.4 Å². The minimum Gasteiger partial charge on any atom is -0.396 e. The van der Waals surface area contributed by atoms with Gasteiger partial charge >= 0.3 is 0 Å². The second-order valence-corrected chi connectivity index (χ2v) is 3.48. The van der Waals surface area contributed by atoms with Gasteiger partial charge in [-0.15, -0.1) is 0 Å². The number of carbonyl (C=O) groups is 1. The number of rotatable bonds is 5. The minimum absolute atomic E-state index is 0.0207. The zero-order valence-electron chi connectivity index (χ0n) is 8.97. The molecule has 3 nitrogen and oxygen atoms in total. The van der Waals surface area contributed by atoms with Crippen molar-refractivity contribution in [1.82, 2.24) is 0 Å². The average Bonchev–Trinajstić information content (AvgIpc) is 2.26. The van der Waals surface area contributed by atoms with Gasteiger partial charge < -0.3 is 10.4 Å². The highest BCUT2D eigenvalue weighted by Crippen LogP contribution is 2.17. The number of benzene rings is 1. The van der Waals surface area contributed by atoms with E-state index in [4.69, 9.17) is 5.11 Å². The molecule has 0 saturated heterocycles. The van der Waals surface area contributed by atoms with E-state index in [-0.39, 0.29) is 18.7 Å². The quantitative estimate of drug-likeness (QED) is 0.619. The number of aliphatic hydroxyl groups excluding tert-OH is 1. The molecule has 0 aliphatic heterocycles. The predicted molar refractivity (Wildman–Crippen MR) is 55.9 cm³/mol. The van der Waals surface area contributed by atoms with Crippen LogP contribution in [0.15, 0.2) is 12.1 Å². The van der Waals surface area contributed by atoms with E-state index in [0.717, 1.165) is 0 Å². The van der Waals surface area contributed by atoms with Crippen LogP contribution in [-0.4, -0.2) is 17.6 Å². The third kappa shape index (κ3) is 4.07. The van der Waals surface area contributed by atoms with Gasteiger partial charge in [-0.3, -0.25) is 4.79 Å². The second kappa shape index (κ2) is 6.24. The van der Waals surface area contributed by atoms with Crippen molar-refractivity contribution in [2.24, 2.45) is 0 Å². The van der Waals surface area contributed by atoms with Crippen molar-refractivity contribution in [2.45, 2.75) is 19.3 Å². The molecule has 1 aromatic carbocycles. The summed E-state index contributed by atoms with van der Waals surface area (Å²) < 4.78 is 38.2. The molecule has 0 aliphatic rings. The van der Waals surface area contributed by atoms with E-state index in [0.29, 0.717) is 25.0 Å². The smallest absolute Gasteiger partial charge is 0.224 e. The Morgan fingerprint density at radius 1 is 1.18 bits per heavy atom. The van der Waals surface area contributed by atoms with Crippen molar-refractivity contribution < 1.29 is 23.1 Å². The standard InChI is InChI=1S/C11H12F3NO2/c12-8-5-7(6-9(13)11(8)14)15-10(17)3-1-2-4-16/h5-6,16H,1-4H2,(H,15,17). The largest absolute Gasteiger partial charge is 0.396 e. The molecule has 0 heterocycles. The number of aliphatic hydroxyl groups is 1. The van der Waals surface area contributed by atoms with Gasteiger partial charge in [-0.05, 0) is 12.8 Å². The molecule has 0 atom stereocenters. The third-order valence-corrected chi connectivity index (χ3v) is 2.08. The number of amides is 1. The van der Waals surface area contributed by atoms with E-state index in [1.807, 2.05) is 0 Å². The fourth-order valence-corrected chi connectivity index (χ4v) is 1.25. The van der Waals surface area contributed by atoms with Crippen LogP contribution in [0.25, 0.3) is 0 Å². The van der Waals surface area contributed by atoms with Gasteiger partial charge in [0.25, 0.3) is 0 Å². The molecule has 0 aromatic heterocycles. The van der Waals surface area contributed by atoms with Gasteiger partial charge in [-0.25, -0.2) is 13.2 Å². The fraction of sp³-hybridized carbons (Fsp3) is 0.364. The maximum atomic E-state index is 12.8. The SMILES string of the molecule is O=C(CCCCO)Nc1cc(F)c(F)c(F)c1. The topological polar surface area (TPSA) is 49.3 Å². The Morgan fingerprint density at radius 3 is 2.29 bits per heavy atom. The van der Waals surface area contributed by atoms with Crippen LogP contribution in [0.3, 0.4) is 0 Å². The molecule has 6 heteroatoms. The molecule has 0 radical (unpaired) electrons. The first kappa shape index (κ1) is 13.5. The second-order valence-electron chi connectivity index (χ2n) is 3.48. The number of hydrogen-bond acceptors (Lipinski definition) is 2. The molecule has 0 aliphatic carbocycles. The van der Waals surface area contributed by atoms with E-state index in [1.165, 1.54) is 0 Å². The summed E-state index contributed by atoms with van der Waals surface area (Å²) in [4.78, 5) is 11.3. The highest BCUT2D eigenvalue weighted by molar-refractivity contribution is 5.90. The zero-order chi connectivity index (χ0) is 12.8. The van der Waals surface area contributed by atoms with Crippen molar-refractivity contribution in [3.8, 4) is 0 Å². The monoisotopic (exact) mass is 247 g/mol. The summed E-state index contributed by atoms with van der Waals surface area (Å²) in [5.41, 5.74) is -0.129. The van der Waals surface area contributed by atoms with Gasteiger partial charge in [-0.1, -0.05) is 0 Å². The lowest BCUT2D eigenvalue weighted by Gasteiger charge is -2.05. The summed E-state index contributed by atoms with van der Waals surface area (Å²) in [7, 11) is 0. The highest BCUT2D eigenvalue weighted by Gasteiger charge is 2.11. The first-order chi connectivity index (χ1) is 8.04. The molecule has 0 saturated carbocycles. The molecule has 94 valence electrons. The Kier molecular flexibility index (Phi) is 4.96. The normalized spacial score (nSPS) is 10.4. The number of carbonyl (C=O) groups excluding carboxylic acids is 1. The maximum Gasteiger partial charge on any atom is 0.224 e. The Hall–Kier alpha value is -1.56. The van der Waals surface area contributed by atoms with Crippen LogP contribution >= 0.6 is 0 Å². The van der Waals surface area contributed by atoms with Crippen molar-refractivity contribution in [2.75, 3.05) is 11.9 Å².